The first kappa shape index (κ1) is 18.4. The average Bonchev–Trinajstić information content (AvgIpc) is 2.69. The van der Waals surface area contributed by atoms with Gasteiger partial charge in [0.1, 0.15) is 11.6 Å². The van der Waals surface area contributed by atoms with E-state index in [2.05, 4.69) is 10.4 Å². The minimum atomic E-state index is -4.50. The molecule has 0 aliphatic carbocycles. The molecule has 2 aromatic rings. The Labute approximate surface area is 129 Å². The van der Waals surface area contributed by atoms with Crippen LogP contribution in [0.1, 0.15) is 17.0 Å². The van der Waals surface area contributed by atoms with Gasteiger partial charge >= 0.3 is 6.18 Å². The van der Waals surface area contributed by atoms with Gasteiger partial charge in [0.2, 0.25) is 0 Å². The van der Waals surface area contributed by atoms with Crippen molar-refractivity contribution < 1.29 is 22.0 Å². The second-order valence-corrected chi connectivity index (χ2v) is 4.52. The number of aryl methyl sites for hydroxylation is 1. The highest BCUT2D eigenvalue weighted by Gasteiger charge is 2.34. The van der Waals surface area contributed by atoms with E-state index in [-0.39, 0.29) is 25.5 Å². The van der Waals surface area contributed by atoms with E-state index in [1.807, 2.05) is 0 Å². The Balaban J connectivity index is 0.00000242. The standard InChI is InChI=1S/C13H12F5N3.ClH/c1-21-11(5-12(20-21)13(16,17)18)7-19-6-8-2-9(14)4-10(15)3-8;/h2-5,19H,6-7H2,1H3;1H. The van der Waals surface area contributed by atoms with E-state index < -0.39 is 23.5 Å². The van der Waals surface area contributed by atoms with Crippen molar-refractivity contribution in [2.24, 2.45) is 7.05 Å². The first-order valence-corrected chi connectivity index (χ1v) is 6.01. The highest BCUT2D eigenvalue weighted by Crippen LogP contribution is 2.28. The van der Waals surface area contributed by atoms with Gasteiger partial charge in [-0.3, -0.25) is 4.68 Å². The lowest BCUT2D eigenvalue weighted by Gasteiger charge is -2.05. The summed E-state index contributed by atoms with van der Waals surface area (Å²) in [6.45, 7) is 0.221. The molecule has 0 spiro atoms. The summed E-state index contributed by atoms with van der Waals surface area (Å²) >= 11 is 0. The van der Waals surface area contributed by atoms with E-state index in [1.165, 1.54) is 7.05 Å². The Kier molecular flexibility index (Phi) is 5.90. The van der Waals surface area contributed by atoms with Gasteiger partial charge in [-0.05, 0) is 23.8 Å². The molecule has 0 saturated carbocycles. The van der Waals surface area contributed by atoms with Crippen LogP contribution in [0, 0.1) is 11.6 Å². The average molecular weight is 342 g/mol. The summed E-state index contributed by atoms with van der Waals surface area (Å²) in [7, 11) is 1.40. The lowest BCUT2D eigenvalue weighted by atomic mass is 10.2. The number of hydrogen-bond donors (Lipinski definition) is 1. The second-order valence-electron chi connectivity index (χ2n) is 4.52. The molecule has 0 radical (unpaired) electrons. The van der Waals surface area contributed by atoms with Crippen molar-refractivity contribution in [2.75, 3.05) is 0 Å². The number of hydrogen-bond acceptors (Lipinski definition) is 2. The van der Waals surface area contributed by atoms with E-state index in [1.54, 1.807) is 0 Å². The monoisotopic (exact) mass is 341 g/mol. The molecular formula is C13H13ClF5N3. The zero-order valence-electron chi connectivity index (χ0n) is 11.4. The first-order chi connectivity index (χ1) is 9.75. The maximum Gasteiger partial charge on any atom is 0.435 e. The SMILES string of the molecule is Cl.Cn1nc(C(F)(F)F)cc1CNCc1cc(F)cc(F)c1. The number of aromatic nitrogens is 2. The van der Waals surface area contributed by atoms with E-state index in [0.29, 0.717) is 11.3 Å². The summed E-state index contributed by atoms with van der Waals surface area (Å²) in [6, 6.07) is 3.99. The van der Waals surface area contributed by atoms with Crippen LogP contribution >= 0.6 is 12.4 Å². The third-order valence-corrected chi connectivity index (χ3v) is 2.82. The number of alkyl halides is 3. The van der Waals surface area contributed by atoms with Crippen molar-refractivity contribution >= 4 is 12.4 Å². The molecule has 0 amide bonds. The van der Waals surface area contributed by atoms with Crippen LogP contribution in [0.4, 0.5) is 22.0 Å². The Morgan fingerprint density at radius 1 is 1.05 bits per heavy atom. The summed E-state index contributed by atoms with van der Waals surface area (Å²) in [6.07, 6.45) is -4.50. The molecule has 0 unspecified atom stereocenters. The van der Waals surface area contributed by atoms with Crippen LogP contribution in [0.3, 0.4) is 0 Å². The van der Waals surface area contributed by atoms with Gasteiger partial charge in [0.05, 0.1) is 5.69 Å². The molecule has 0 aliphatic heterocycles. The summed E-state index contributed by atoms with van der Waals surface area (Å²) < 4.78 is 64.5. The van der Waals surface area contributed by atoms with Crippen LogP contribution in [0.15, 0.2) is 24.3 Å². The Morgan fingerprint density at radius 2 is 1.64 bits per heavy atom. The predicted molar refractivity (Wildman–Crippen MR) is 72.4 cm³/mol. The molecule has 22 heavy (non-hydrogen) atoms. The molecule has 2 rings (SSSR count). The fraction of sp³-hybridized carbons (Fsp3) is 0.308. The smallest absolute Gasteiger partial charge is 0.307 e. The van der Waals surface area contributed by atoms with Gasteiger partial charge in [0.15, 0.2) is 5.69 Å². The van der Waals surface area contributed by atoms with Crippen LogP contribution < -0.4 is 5.32 Å². The van der Waals surface area contributed by atoms with Gasteiger partial charge in [-0.15, -0.1) is 12.4 Å². The first-order valence-electron chi connectivity index (χ1n) is 6.01. The largest absolute Gasteiger partial charge is 0.435 e. The molecule has 1 heterocycles. The zero-order valence-corrected chi connectivity index (χ0v) is 12.2. The summed E-state index contributed by atoms with van der Waals surface area (Å²) in [5.74, 6) is -1.40. The van der Waals surface area contributed by atoms with Gasteiger partial charge < -0.3 is 5.32 Å². The van der Waals surface area contributed by atoms with Crippen molar-refractivity contribution in [3.05, 3.63) is 52.9 Å². The van der Waals surface area contributed by atoms with Gasteiger partial charge in [-0.2, -0.15) is 18.3 Å². The molecule has 1 N–H and O–H groups in total. The zero-order chi connectivity index (χ0) is 15.6. The number of nitrogens with zero attached hydrogens (tertiary/aromatic N) is 2. The minimum Gasteiger partial charge on any atom is -0.307 e. The summed E-state index contributed by atoms with van der Waals surface area (Å²) in [5.41, 5.74) is -0.288. The van der Waals surface area contributed by atoms with Crippen molar-refractivity contribution in [3.63, 3.8) is 0 Å². The van der Waals surface area contributed by atoms with E-state index in [9.17, 15) is 22.0 Å². The van der Waals surface area contributed by atoms with E-state index >= 15 is 0 Å². The molecule has 0 saturated heterocycles. The minimum absolute atomic E-state index is 0. The topological polar surface area (TPSA) is 29.9 Å². The number of halogens is 6. The molecule has 0 fully saturated rings. The lowest BCUT2D eigenvalue weighted by molar-refractivity contribution is -0.141. The highest BCUT2D eigenvalue weighted by molar-refractivity contribution is 5.85. The molecule has 122 valence electrons. The van der Waals surface area contributed by atoms with Crippen LogP contribution in [0.25, 0.3) is 0 Å². The quantitative estimate of drug-likeness (QED) is 0.864. The number of rotatable bonds is 4. The van der Waals surface area contributed by atoms with Gasteiger partial charge in [0.25, 0.3) is 0 Å². The van der Waals surface area contributed by atoms with E-state index in [0.717, 1.165) is 28.9 Å². The molecule has 0 aliphatic rings. The highest BCUT2D eigenvalue weighted by atomic mass is 35.5. The molecule has 9 heteroatoms. The molecule has 1 aromatic carbocycles. The predicted octanol–water partition coefficient (Wildman–Crippen LogP) is 3.43. The maximum absolute atomic E-state index is 13.0. The van der Waals surface area contributed by atoms with Crippen LogP contribution in [-0.2, 0) is 26.3 Å². The molecular weight excluding hydrogens is 329 g/mol. The Morgan fingerprint density at radius 3 is 2.14 bits per heavy atom. The fourth-order valence-electron chi connectivity index (χ4n) is 1.86. The Bertz CT molecular complexity index is 619. The molecule has 1 aromatic heterocycles. The van der Waals surface area contributed by atoms with Crippen LogP contribution in [0.2, 0.25) is 0 Å². The molecule has 0 bridgehead atoms. The van der Waals surface area contributed by atoms with E-state index in [4.69, 9.17) is 0 Å². The van der Waals surface area contributed by atoms with Crippen molar-refractivity contribution in [1.29, 1.82) is 0 Å². The number of benzene rings is 1. The number of nitrogens with one attached hydrogen (secondary N) is 1. The van der Waals surface area contributed by atoms with Crippen molar-refractivity contribution in [1.82, 2.24) is 15.1 Å². The lowest BCUT2D eigenvalue weighted by Crippen LogP contribution is -2.15. The van der Waals surface area contributed by atoms with Crippen LogP contribution in [0.5, 0.6) is 0 Å². The normalized spacial score (nSPS) is 11.4. The van der Waals surface area contributed by atoms with Gasteiger partial charge in [-0.1, -0.05) is 0 Å². The summed E-state index contributed by atoms with van der Waals surface area (Å²) in [4.78, 5) is 0. The molecule has 0 atom stereocenters. The van der Waals surface area contributed by atoms with Crippen LogP contribution in [-0.4, -0.2) is 9.78 Å². The third kappa shape index (κ3) is 4.67. The van der Waals surface area contributed by atoms with Crippen molar-refractivity contribution in [3.8, 4) is 0 Å². The Hall–Kier alpha value is -1.67. The molecule has 3 nitrogen and oxygen atoms in total. The second kappa shape index (κ2) is 7.06. The maximum atomic E-state index is 13.0. The third-order valence-electron chi connectivity index (χ3n) is 2.82. The van der Waals surface area contributed by atoms with Gasteiger partial charge in [0, 0.05) is 26.2 Å². The van der Waals surface area contributed by atoms with Gasteiger partial charge in [-0.25, -0.2) is 8.78 Å². The fourth-order valence-corrected chi connectivity index (χ4v) is 1.86. The van der Waals surface area contributed by atoms with Crippen molar-refractivity contribution in [2.45, 2.75) is 19.3 Å². The summed E-state index contributed by atoms with van der Waals surface area (Å²) in [5, 5.41) is 6.18.